The Hall–Kier alpha value is -5.47. The zero-order valence-corrected chi connectivity index (χ0v) is 31.4. The molecule has 7 rings (SSSR count). The zero-order valence-electron chi connectivity index (χ0n) is 30.5. The van der Waals surface area contributed by atoms with E-state index in [1.807, 2.05) is 84.9 Å². The molecule has 1 saturated heterocycles. The van der Waals surface area contributed by atoms with Crippen molar-refractivity contribution in [2.45, 2.75) is 36.3 Å². The Labute approximate surface area is 317 Å². The first-order valence-electron chi connectivity index (χ1n) is 17.4. The average molecular weight is 766 g/mol. The molecule has 0 radical (unpaired) electrons. The molecule has 0 spiro atoms. The Balaban J connectivity index is 1.34. The number of carbonyl (C=O) groups is 1. The van der Waals surface area contributed by atoms with Gasteiger partial charge in [-0.3, -0.25) is 13.9 Å². The molecule has 0 aliphatic carbocycles. The van der Waals surface area contributed by atoms with E-state index in [0.29, 0.717) is 28.2 Å². The van der Waals surface area contributed by atoms with Gasteiger partial charge in [-0.05, 0) is 53.1 Å². The molecule has 284 valence electrons. The van der Waals surface area contributed by atoms with E-state index in [1.54, 1.807) is 43.1 Å². The summed E-state index contributed by atoms with van der Waals surface area (Å²) in [4.78, 5) is 26.4. The lowest BCUT2D eigenvalue weighted by Gasteiger charge is -2.40. The number of carbonyl (C=O) groups excluding carboxylic acids is 1. The first kappa shape index (κ1) is 37.8. The number of amides is 1. The van der Waals surface area contributed by atoms with Crippen LogP contribution in [-0.4, -0.2) is 77.0 Å². The molecule has 0 bridgehead atoms. The van der Waals surface area contributed by atoms with Gasteiger partial charge in [-0.15, -0.1) is 0 Å². The Kier molecular flexibility index (Phi) is 11.1. The van der Waals surface area contributed by atoms with Gasteiger partial charge in [-0.25, -0.2) is 15.0 Å². The molecule has 15 heteroatoms. The van der Waals surface area contributed by atoms with Gasteiger partial charge in [0.15, 0.2) is 22.8 Å². The van der Waals surface area contributed by atoms with Crippen LogP contribution in [0, 0.1) is 0 Å². The van der Waals surface area contributed by atoms with Gasteiger partial charge in [0.1, 0.15) is 35.8 Å². The molecule has 6 aromatic rings. The molecule has 3 heterocycles. The minimum absolute atomic E-state index is 0.122. The van der Waals surface area contributed by atoms with E-state index in [0.717, 1.165) is 16.7 Å². The molecular formula is C40H40N5O9P. The molecule has 55 heavy (non-hydrogen) atoms. The molecule has 2 aromatic heterocycles. The predicted octanol–water partition coefficient (Wildman–Crippen LogP) is 6.56. The third-order valence-corrected chi connectivity index (χ3v) is 11.6. The van der Waals surface area contributed by atoms with Crippen LogP contribution in [0.5, 0.6) is 11.5 Å². The van der Waals surface area contributed by atoms with Crippen molar-refractivity contribution in [1.29, 1.82) is 0 Å². The van der Waals surface area contributed by atoms with E-state index in [2.05, 4.69) is 20.3 Å². The van der Waals surface area contributed by atoms with Crippen molar-refractivity contribution >= 4 is 30.5 Å². The average Bonchev–Trinajstić information content (AvgIpc) is 3.88. The van der Waals surface area contributed by atoms with Crippen LogP contribution in [0.3, 0.4) is 0 Å². The number of nitrogens with one attached hydrogen (secondary N) is 1. The standard InChI is InChI=1S/C40H40N5O9P/c1-49-30-19-15-28(16-20-30)40(27-13-9-6-10-14-27,29-17-21-31(50-2)22-18-29)54-32-23-33(53-35(32)39(47)55(48,51-3)52-4)45-25-43-34-36(41-24-42-37(34)45)44-38(46)26-11-7-5-8-12-26/h5-22,24-25,32-33,35,39,47H,23H2,1-4H3,(H,41,42,44,46)/t32-,33+,35-,39-/m0/s1. The van der Waals surface area contributed by atoms with Crippen LogP contribution in [0.15, 0.2) is 122 Å². The van der Waals surface area contributed by atoms with Crippen molar-refractivity contribution in [3.8, 4) is 11.5 Å². The summed E-state index contributed by atoms with van der Waals surface area (Å²) in [6.45, 7) is 0. The molecule has 0 saturated carbocycles. The lowest BCUT2D eigenvalue weighted by molar-refractivity contribution is -0.111. The van der Waals surface area contributed by atoms with Crippen molar-refractivity contribution in [2.24, 2.45) is 0 Å². The summed E-state index contributed by atoms with van der Waals surface area (Å²) in [6.07, 6.45) is -0.126. The summed E-state index contributed by atoms with van der Waals surface area (Å²) in [5, 5.41) is 14.6. The Bertz CT molecular complexity index is 2220. The largest absolute Gasteiger partial charge is 0.497 e. The molecule has 14 nitrogen and oxygen atoms in total. The summed E-state index contributed by atoms with van der Waals surface area (Å²) in [5.74, 6) is -0.652. The molecule has 1 aliphatic heterocycles. The van der Waals surface area contributed by atoms with Crippen LogP contribution in [0.4, 0.5) is 5.82 Å². The highest BCUT2D eigenvalue weighted by molar-refractivity contribution is 7.54. The van der Waals surface area contributed by atoms with Gasteiger partial charge >= 0.3 is 7.60 Å². The predicted molar refractivity (Wildman–Crippen MR) is 203 cm³/mol. The van der Waals surface area contributed by atoms with E-state index in [-0.39, 0.29) is 18.1 Å². The minimum atomic E-state index is -4.15. The number of rotatable bonds is 14. The maximum atomic E-state index is 13.8. The SMILES string of the molecule is COc1ccc(C(O[C@H]2C[C@H](n3cnc4c(NC(=O)c5ccccc5)ncnc43)O[C@@H]2[C@@H](O)P(=O)(OC)OC)(c2ccccc2)c2ccc(OC)cc2)cc1. The fourth-order valence-electron chi connectivity index (χ4n) is 6.86. The molecule has 4 atom stereocenters. The Morgan fingerprint density at radius 1 is 0.818 bits per heavy atom. The van der Waals surface area contributed by atoms with Crippen molar-refractivity contribution in [2.75, 3.05) is 33.8 Å². The van der Waals surface area contributed by atoms with E-state index in [9.17, 15) is 14.5 Å². The number of benzene rings is 4. The van der Waals surface area contributed by atoms with Crippen molar-refractivity contribution in [3.63, 3.8) is 0 Å². The number of ether oxygens (including phenoxy) is 4. The Morgan fingerprint density at radius 3 is 1.95 bits per heavy atom. The maximum Gasteiger partial charge on any atom is 0.361 e. The van der Waals surface area contributed by atoms with E-state index in [4.69, 9.17) is 28.0 Å². The number of hydrogen-bond donors (Lipinski definition) is 2. The quantitative estimate of drug-likeness (QED) is 0.0907. The first-order chi connectivity index (χ1) is 26.7. The molecule has 1 fully saturated rings. The maximum absolute atomic E-state index is 13.8. The fraction of sp³-hybridized carbons (Fsp3) is 0.250. The fourth-order valence-corrected chi connectivity index (χ4v) is 8.07. The van der Waals surface area contributed by atoms with E-state index in [1.165, 1.54) is 26.9 Å². The van der Waals surface area contributed by atoms with Gasteiger partial charge in [0.25, 0.3) is 5.91 Å². The number of anilines is 1. The second-order valence-electron chi connectivity index (χ2n) is 12.6. The first-order valence-corrected chi connectivity index (χ1v) is 19.0. The zero-order chi connectivity index (χ0) is 38.6. The molecule has 0 unspecified atom stereocenters. The summed E-state index contributed by atoms with van der Waals surface area (Å²) < 4.78 is 51.0. The van der Waals surface area contributed by atoms with E-state index < -0.39 is 37.5 Å². The highest BCUT2D eigenvalue weighted by Gasteiger charge is 2.53. The monoisotopic (exact) mass is 765 g/mol. The van der Waals surface area contributed by atoms with Gasteiger partial charge in [0, 0.05) is 26.2 Å². The number of aliphatic hydroxyl groups is 1. The van der Waals surface area contributed by atoms with Crippen LogP contribution in [0.2, 0.25) is 0 Å². The Morgan fingerprint density at radius 2 is 1.38 bits per heavy atom. The summed E-state index contributed by atoms with van der Waals surface area (Å²) in [6, 6.07) is 33.4. The van der Waals surface area contributed by atoms with Crippen molar-refractivity contribution < 1.29 is 42.5 Å². The second kappa shape index (κ2) is 16.1. The molecule has 1 amide bonds. The summed E-state index contributed by atoms with van der Waals surface area (Å²) in [5.41, 5.74) is 2.03. The van der Waals surface area contributed by atoms with Crippen LogP contribution < -0.4 is 14.8 Å². The molecule has 1 aliphatic rings. The van der Waals surface area contributed by atoms with Crippen LogP contribution in [0.1, 0.15) is 39.7 Å². The summed E-state index contributed by atoms with van der Waals surface area (Å²) >= 11 is 0. The van der Waals surface area contributed by atoms with Crippen molar-refractivity contribution in [1.82, 2.24) is 19.5 Å². The smallest absolute Gasteiger partial charge is 0.361 e. The van der Waals surface area contributed by atoms with Gasteiger partial charge in [-0.2, -0.15) is 0 Å². The molecule has 2 N–H and O–H groups in total. The molecular weight excluding hydrogens is 725 g/mol. The van der Waals surface area contributed by atoms with Gasteiger partial charge in [0.2, 0.25) is 0 Å². The number of methoxy groups -OCH3 is 2. The van der Waals surface area contributed by atoms with Crippen LogP contribution in [0.25, 0.3) is 11.2 Å². The third-order valence-electron chi connectivity index (χ3n) is 9.68. The number of nitrogens with zero attached hydrogens (tertiary/aromatic N) is 4. The van der Waals surface area contributed by atoms with Crippen LogP contribution in [-0.2, 0) is 28.7 Å². The topological polar surface area (TPSA) is 165 Å². The minimum Gasteiger partial charge on any atom is -0.497 e. The van der Waals surface area contributed by atoms with Gasteiger partial charge in [-0.1, -0.05) is 72.8 Å². The van der Waals surface area contributed by atoms with Crippen molar-refractivity contribution in [3.05, 3.63) is 144 Å². The highest BCUT2D eigenvalue weighted by atomic mass is 31.2. The number of imidazole rings is 1. The highest BCUT2D eigenvalue weighted by Crippen LogP contribution is 2.56. The lowest BCUT2D eigenvalue weighted by atomic mass is 9.79. The normalized spacial score (nSPS) is 17.9. The summed E-state index contributed by atoms with van der Waals surface area (Å²) in [7, 11) is 1.44. The van der Waals surface area contributed by atoms with E-state index >= 15 is 0 Å². The van der Waals surface area contributed by atoms with Gasteiger partial charge < -0.3 is 38.4 Å². The van der Waals surface area contributed by atoms with Gasteiger partial charge in [0.05, 0.1) is 26.7 Å². The number of fused-ring (bicyclic) bond motifs is 1. The number of aromatic nitrogens is 4. The molecule has 4 aromatic carbocycles. The number of hydrogen-bond acceptors (Lipinski definition) is 12. The second-order valence-corrected chi connectivity index (χ2v) is 15.0. The number of aliphatic hydroxyl groups excluding tert-OH is 1. The lowest BCUT2D eigenvalue weighted by Crippen LogP contribution is -2.43. The third kappa shape index (κ3) is 7.23. The van der Waals surface area contributed by atoms with Crippen LogP contribution >= 0.6 is 7.60 Å².